The van der Waals surface area contributed by atoms with Crippen molar-refractivity contribution in [1.29, 1.82) is 0 Å². The molecule has 1 fully saturated rings. The summed E-state index contributed by atoms with van der Waals surface area (Å²) in [4.78, 5) is 33.9. The van der Waals surface area contributed by atoms with Crippen LogP contribution in [0.15, 0.2) is 35.6 Å². The zero-order chi connectivity index (χ0) is 27.0. The topological polar surface area (TPSA) is 116 Å². The SMILES string of the molecule is COC(=O)c1ccc(CCC2(C3CCCC3)CC(O)=C(Cc3nc4nc(C)cc(C)n4n3)C(=O)O2)cc1F. The Morgan fingerprint density at radius 2 is 2.00 bits per heavy atom. The first-order valence-electron chi connectivity index (χ1n) is 12.9. The quantitative estimate of drug-likeness (QED) is 0.450. The third kappa shape index (κ3) is 4.87. The van der Waals surface area contributed by atoms with Crippen LogP contribution in [-0.2, 0) is 27.1 Å². The summed E-state index contributed by atoms with van der Waals surface area (Å²) in [6.45, 7) is 3.77. The maximum absolute atomic E-state index is 14.5. The van der Waals surface area contributed by atoms with Gasteiger partial charge in [0.1, 0.15) is 17.2 Å². The molecule has 3 heterocycles. The fourth-order valence-electron chi connectivity index (χ4n) is 5.77. The van der Waals surface area contributed by atoms with Crippen LogP contribution in [0.2, 0.25) is 0 Å². The Balaban J connectivity index is 1.39. The van der Waals surface area contributed by atoms with Crippen LogP contribution < -0.4 is 0 Å². The molecule has 1 aliphatic heterocycles. The van der Waals surface area contributed by atoms with Crippen LogP contribution in [-0.4, -0.2) is 49.3 Å². The molecule has 5 rings (SSSR count). The lowest BCUT2D eigenvalue weighted by Crippen LogP contribution is -2.46. The summed E-state index contributed by atoms with van der Waals surface area (Å²) >= 11 is 0. The van der Waals surface area contributed by atoms with Crippen LogP contribution in [0.4, 0.5) is 4.39 Å². The van der Waals surface area contributed by atoms with E-state index in [1.54, 1.807) is 10.6 Å². The van der Waals surface area contributed by atoms with Crippen molar-refractivity contribution in [3.05, 3.63) is 69.8 Å². The van der Waals surface area contributed by atoms with Gasteiger partial charge in [-0.05, 0) is 69.2 Å². The van der Waals surface area contributed by atoms with Crippen LogP contribution in [0.1, 0.15) is 71.7 Å². The minimum Gasteiger partial charge on any atom is -0.512 e. The number of aromatic nitrogens is 4. The van der Waals surface area contributed by atoms with Crippen molar-refractivity contribution < 1.29 is 28.6 Å². The zero-order valence-electron chi connectivity index (χ0n) is 21.8. The Morgan fingerprint density at radius 1 is 1.24 bits per heavy atom. The molecule has 200 valence electrons. The van der Waals surface area contributed by atoms with Gasteiger partial charge < -0.3 is 14.6 Å². The van der Waals surface area contributed by atoms with E-state index < -0.39 is 23.4 Å². The van der Waals surface area contributed by atoms with E-state index in [0.717, 1.165) is 37.1 Å². The van der Waals surface area contributed by atoms with Crippen molar-refractivity contribution >= 4 is 17.7 Å². The Bertz CT molecular complexity index is 1440. The molecule has 0 radical (unpaired) electrons. The molecule has 2 aromatic heterocycles. The van der Waals surface area contributed by atoms with E-state index in [1.807, 2.05) is 19.9 Å². The standard InChI is InChI=1S/C28H31FN4O5/c1-16-12-17(2)33-27(30-16)31-24(32-33)14-21-23(34)15-28(38-26(21)36,19-6-4-5-7-19)11-10-18-8-9-20(22(29)13-18)25(35)37-3/h8-9,12-13,19,34H,4-7,10-11,14-15H2,1-3H3. The average Bonchev–Trinajstić information content (AvgIpc) is 3.55. The van der Waals surface area contributed by atoms with Crippen LogP contribution >= 0.6 is 0 Å². The fourth-order valence-corrected chi connectivity index (χ4v) is 5.77. The smallest absolute Gasteiger partial charge is 0.340 e. The number of rotatable bonds is 7. The second-order valence-corrected chi connectivity index (χ2v) is 10.3. The summed E-state index contributed by atoms with van der Waals surface area (Å²) in [5.41, 5.74) is 1.49. The summed E-state index contributed by atoms with van der Waals surface area (Å²) < 4.78 is 26.9. The van der Waals surface area contributed by atoms with E-state index in [0.29, 0.717) is 30.0 Å². The van der Waals surface area contributed by atoms with Crippen LogP contribution in [0.5, 0.6) is 0 Å². The molecule has 3 aromatic rings. The van der Waals surface area contributed by atoms with Gasteiger partial charge in [0.25, 0.3) is 5.78 Å². The number of carbonyl (C=O) groups excluding carboxylic acids is 2. The lowest BCUT2D eigenvalue weighted by Gasteiger charge is -2.41. The van der Waals surface area contributed by atoms with Crippen LogP contribution in [0.3, 0.4) is 0 Å². The van der Waals surface area contributed by atoms with E-state index in [9.17, 15) is 19.1 Å². The number of hydrogen-bond acceptors (Lipinski definition) is 8. The molecular formula is C28H31FN4O5. The molecule has 1 unspecified atom stereocenters. The van der Waals surface area contributed by atoms with Gasteiger partial charge in [0.15, 0.2) is 5.82 Å². The van der Waals surface area contributed by atoms with Gasteiger partial charge in [0, 0.05) is 24.2 Å². The number of cyclic esters (lactones) is 1. The first kappa shape index (κ1) is 25.8. The normalized spacial score (nSPS) is 20.3. The highest BCUT2D eigenvalue weighted by Crippen LogP contribution is 2.46. The van der Waals surface area contributed by atoms with Gasteiger partial charge in [-0.15, -0.1) is 5.10 Å². The van der Waals surface area contributed by atoms with Crippen LogP contribution in [0.25, 0.3) is 5.78 Å². The van der Waals surface area contributed by atoms with Crippen molar-refractivity contribution in [2.75, 3.05) is 7.11 Å². The number of carbonyl (C=O) groups is 2. The second kappa shape index (κ2) is 10.2. The molecule has 1 N–H and O–H groups in total. The number of methoxy groups -OCH3 is 1. The third-order valence-electron chi connectivity index (χ3n) is 7.73. The summed E-state index contributed by atoms with van der Waals surface area (Å²) in [6.07, 6.45) is 4.91. The molecule has 10 heteroatoms. The molecular weight excluding hydrogens is 491 g/mol. The Hall–Kier alpha value is -3.82. The Kier molecular flexibility index (Phi) is 6.90. The number of ether oxygens (including phenoxy) is 2. The number of esters is 2. The Morgan fingerprint density at radius 3 is 2.68 bits per heavy atom. The van der Waals surface area contributed by atoms with E-state index >= 15 is 0 Å². The van der Waals surface area contributed by atoms with Gasteiger partial charge in [0.05, 0.1) is 18.2 Å². The van der Waals surface area contributed by atoms with E-state index in [-0.39, 0.29) is 35.7 Å². The van der Waals surface area contributed by atoms with Crippen molar-refractivity contribution in [2.45, 2.75) is 70.8 Å². The number of aryl methyl sites for hydroxylation is 3. The first-order chi connectivity index (χ1) is 18.2. The monoisotopic (exact) mass is 522 g/mol. The molecule has 1 atom stereocenters. The molecule has 0 amide bonds. The highest BCUT2D eigenvalue weighted by Gasteiger charge is 2.48. The first-order valence-corrected chi connectivity index (χ1v) is 12.9. The molecule has 0 spiro atoms. The molecule has 1 saturated carbocycles. The van der Waals surface area contributed by atoms with Gasteiger partial charge in [-0.25, -0.2) is 23.5 Å². The van der Waals surface area contributed by atoms with Gasteiger partial charge in [0.2, 0.25) is 0 Å². The van der Waals surface area contributed by atoms with Crippen molar-refractivity contribution in [3.63, 3.8) is 0 Å². The van der Waals surface area contributed by atoms with E-state index in [1.165, 1.54) is 19.2 Å². The average molecular weight is 523 g/mol. The van der Waals surface area contributed by atoms with E-state index in [2.05, 4.69) is 19.8 Å². The molecule has 9 nitrogen and oxygen atoms in total. The largest absolute Gasteiger partial charge is 0.512 e. The molecule has 0 bridgehead atoms. The van der Waals surface area contributed by atoms with Gasteiger partial charge >= 0.3 is 11.9 Å². The maximum atomic E-state index is 14.5. The highest BCUT2D eigenvalue weighted by molar-refractivity contribution is 5.91. The Labute approximate surface area is 219 Å². The fraction of sp³-hybridized carbons (Fsp3) is 0.464. The predicted octanol–water partition coefficient (Wildman–Crippen LogP) is 4.53. The number of fused-ring (bicyclic) bond motifs is 1. The zero-order valence-corrected chi connectivity index (χ0v) is 21.8. The van der Waals surface area contributed by atoms with Crippen LogP contribution in [0, 0.1) is 25.6 Å². The number of benzene rings is 1. The second-order valence-electron chi connectivity index (χ2n) is 10.3. The van der Waals surface area contributed by atoms with Crippen molar-refractivity contribution in [3.8, 4) is 0 Å². The highest BCUT2D eigenvalue weighted by atomic mass is 19.1. The minimum absolute atomic E-state index is 0.0138. The van der Waals surface area contributed by atoms with Crippen molar-refractivity contribution in [1.82, 2.24) is 19.6 Å². The van der Waals surface area contributed by atoms with Gasteiger partial charge in [-0.2, -0.15) is 4.98 Å². The molecule has 1 aromatic carbocycles. The van der Waals surface area contributed by atoms with Gasteiger partial charge in [-0.1, -0.05) is 18.9 Å². The number of hydrogen-bond donors (Lipinski definition) is 1. The summed E-state index contributed by atoms with van der Waals surface area (Å²) in [5, 5.41) is 15.6. The minimum atomic E-state index is -0.889. The summed E-state index contributed by atoms with van der Waals surface area (Å²) in [7, 11) is 1.21. The molecule has 38 heavy (non-hydrogen) atoms. The number of nitrogens with zero attached hydrogens (tertiary/aromatic N) is 4. The molecule has 0 saturated heterocycles. The predicted molar refractivity (Wildman–Crippen MR) is 135 cm³/mol. The summed E-state index contributed by atoms with van der Waals surface area (Å²) in [6, 6.07) is 6.28. The number of aliphatic hydroxyl groups is 1. The lowest BCUT2D eigenvalue weighted by molar-refractivity contribution is -0.167. The lowest BCUT2D eigenvalue weighted by atomic mass is 9.76. The number of halogens is 1. The van der Waals surface area contributed by atoms with Crippen molar-refractivity contribution in [2.24, 2.45) is 5.92 Å². The third-order valence-corrected chi connectivity index (χ3v) is 7.73. The number of aliphatic hydroxyl groups excluding tert-OH is 1. The van der Waals surface area contributed by atoms with E-state index in [4.69, 9.17) is 4.74 Å². The summed E-state index contributed by atoms with van der Waals surface area (Å²) in [5.74, 6) is -1.08. The van der Waals surface area contributed by atoms with Gasteiger partial charge in [-0.3, -0.25) is 0 Å². The molecule has 2 aliphatic rings. The maximum Gasteiger partial charge on any atom is 0.340 e. The molecule has 1 aliphatic carbocycles.